The van der Waals surface area contributed by atoms with Crippen LogP contribution in [-0.2, 0) is 19.3 Å². The van der Waals surface area contributed by atoms with E-state index >= 15 is 0 Å². The van der Waals surface area contributed by atoms with Crippen molar-refractivity contribution in [2.24, 2.45) is 0 Å². The molecule has 0 aliphatic rings. The molecule has 3 heterocycles. The van der Waals surface area contributed by atoms with Gasteiger partial charge < -0.3 is 14.4 Å². The zero-order chi connectivity index (χ0) is 16.1. The summed E-state index contributed by atoms with van der Waals surface area (Å²) in [5.41, 5.74) is 0.684. The van der Waals surface area contributed by atoms with Crippen LogP contribution in [0.5, 0.6) is 0 Å². The van der Waals surface area contributed by atoms with Gasteiger partial charge in [-0.15, -0.1) is 12.4 Å². The van der Waals surface area contributed by atoms with Gasteiger partial charge in [-0.2, -0.15) is 9.97 Å². The molecule has 0 saturated carbocycles. The van der Waals surface area contributed by atoms with E-state index in [9.17, 15) is 0 Å². The number of aryl methyl sites for hydroxylation is 2. The summed E-state index contributed by atoms with van der Waals surface area (Å²) >= 11 is 0. The summed E-state index contributed by atoms with van der Waals surface area (Å²) in [7, 11) is 1.90. The van der Waals surface area contributed by atoms with E-state index in [1.165, 1.54) is 0 Å². The Kier molecular flexibility index (Phi) is 6.39. The maximum atomic E-state index is 5.23. The summed E-state index contributed by atoms with van der Waals surface area (Å²) in [6, 6.07) is 5.86. The minimum absolute atomic E-state index is 0. The predicted octanol–water partition coefficient (Wildman–Crippen LogP) is 1.87. The molecule has 0 saturated heterocycles. The summed E-state index contributed by atoms with van der Waals surface area (Å²) in [6.07, 6.45) is 3.52. The van der Waals surface area contributed by atoms with Gasteiger partial charge in [0.05, 0.1) is 0 Å². The summed E-state index contributed by atoms with van der Waals surface area (Å²) < 4.78 is 10.5. The Morgan fingerprint density at radius 2 is 1.83 bits per heavy atom. The number of aromatic nitrogens is 5. The second-order valence-corrected chi connectivity index (χ2v) is 5.22. The second kappa shape index (κ2) is 8.51. The van der Waals surface area contributed by atoms with Crippen molar-refractivity contribution < 1.29 is 9.05 Å². The average Bonchev–Trinajstić information content (AvgIpc) is 3.23. The first-order chi connectivity index (χ1) is 11.2. The van der Waals surface area contributed by atoms with Crippen LogP contribution in [0.3, 0.4) is 0 Å². The van der Waals surface area contributed by atoms with Crippen LogP contribution in [0.15, 0.2) is 33.4 Å². The number of hydrogen-bond donors (Lipinski definition) is 1. The van der Waals surface area contributed by atoms with E-state index in [0.29, 0.717) is 48.0 Å². The smallest absolute Gasteiger partial charge is 0.227 e. The van der Waals surface area contributed by atoms with Crippen LogP contribution in [0.1, 0.15) is 24.5 Å². The average molecular weight is 351 g/mol. The van der Waals surface area contributed by atoms with E-state index in [1.54, 1.807) is 6.20 Å². The third-order valence-electron chi connectivity index (χ3n) is 3.41. The van der Waals surface area contributed by atoms with Gasteiger partial charge in [0.2, 0.25) is 17.6 Å². The van der Waals surface area contributed by atoms with Crippen molar-refractivity contribution in [1.82, 2.24) is 30.6 Å². The molecular formula is C15H19ClN6O2. The molecule has 9 heteroatoms. The molecule has 24 heavy (non-hydrogen) atoms. The highest BCUT2D eigenvalue weighted by molar-refractivity contribution is 5.85. The van der Waals surface area contributed by atoms with E-state index < -0.39 is 0 Å². The molecular weight excluding hydrogens is 332 g/mol. The number of nitrogens with zero attached hydrogens (tertiary/aromatic N) is 5. The molecule has 0 spiro atoms. The van der Waals surface area contributed by atoms with E-state index in [2.05, 4.69) is 37.5 Å². The Hall–Kier alpha value is -2.32. The van der Waals surface area contributed by atoms with Crippen LogP contribution in [-0.4, -0.2) is 38.4 Å². The Morgan fingerprint density at radius 3 is 2.54 bits per heavy atom. The lowest BCUT2D eigenvalue weighted by Gasteiger charge is -2.04. The number of hydrogen-bond acceptors (Lipinski definition) is 8. The SMILES string of the molecule is CNC(C)Cc1noc(CCc2nc(-c3ccccn3)no2)n1.Cl. The Morgan fingerprint density at radius 1 is 1.08 bits per heavy atom. The summed E-state index contributed by atoms with van der Waals surface area (Å²) in [5.74, 6) is 2.27. The number of rotatable bonds is 7. The van der Waals surface area contributed by atoms with Crippen LogP contribution < -0.4 is 5.32 Å². The fourth-order valence-electron chi connectivity index (χ4n) is 2.02. The minimum Gasteiger partial charge on any atom is -0.339 e. The van der Waals surface area contributed by atoms with Gasteiger partial charge >= 0.3 is 0 Å². The monoisotopic (exact) mass is 350 g/mol. The van der Waals surface area contributed by atoms with E-state index in [-0.39, 0.29) is 12.4 Å². The third kappa shape index (κ3) is 4.59. The topological polar surface area (TPSA) is 103 Å². The van der Waals surface area contributed by atoms with Crippen molar-refractivity contribution in [3.8, 4) is 11.5 Å². The molecule has 3 rings (SSSR count). The van der Waals surface area contributed by atoms with Crippen molar-refractivity contribution >= 4 is 12.4 Å². The fraction of sp³-hybridized carbons (Fsp3) is 0.400. The van der Waals surface area contributed by atoms with Crippen molar-refractivity contribution in [2.45, 2.75) is 32.2 Å². The second-order valence-electron chi connectivity index (χ2n) is 5.22. The van der Waals surface area contributed by atoms with Crippen LogP contribution in [0.4, 0.5) is 0 Å². The molecule has 1 N–H and O–H groups in total. The Bertz CT molecular complexity index is 745. The number of halogens is 1. The van der Waals surface area contributed by atoms with Gasteiger partial charge in [-0.3, -0.25) is 4.98 Å². The van der Waals surface area contributed by atoms with E-state index in [4.69, 9.17) is 9.05 Å². The summed E-state index contributed by atoms with van der Waals surface area (Å²) in [4.78, 5) is 12.9. The maximum Gasteiger partial charge on any atom is 0.227 e. The number of nitrogens with one attached hydrogen (secondary N) is 1. The molecule has 3 aromatic heterocycles. The van der Waals surface area contributed by atoms with Gasteiger partial charge in [0, 0.05) is 31.5 Å². The van der Waals surface area contributed by atoms with Gasteiger partial charge in [0.15, 0.2) is 5.82 Å². The Labute approximate surface area is 145 Å². The Balaban J connectivity index is 0.00000208. The molecule has 1 unspecified atom stereocenters. The third-order valence-corrected chi connectivity index (χ3v) is 3.41. The summed E-state index contributed by atoms with van der Waals surface area (Å²) in [6.45, 7) is 2.06. The molecule has 0 bridgehead atoms. The van der Waals surface area contributed by atoms with Gasteiger partial charge in [0.25, 0.3) is 0 Å². The number of pyridine rings is 1. The maximum absolute atomic E-state index is 5.23. The molecule has 0 aliphatic heterocycles. The highest BCUT2D eigenvalue weighted by atomic mass is 35.5. The van der Waals surface area contributed by atoms with E-state index in [0.717, 1.165) is 6.42 Å². The predicted molar refractivity (Wildman–Crippen MR) is 88.7 cm³/mol. The molecule has 3 aromatic rings. The zero-order valence-corrected chi connectivity index (χ0v) is 14.3. The summed E-state index contributed by atoms with van der Waals surface area (Å²) in [5, 5.41) is 11.0. The fourth-order valence-corrected chi connectivity index (χ4v) is 2.02. The first-order valence-corrected chi connectivity index (χ1v) is 7.47. The van der Waals surface area contributed by atoms with Crippen molar-refractivity contribution in [2.75, 3.05) is 7.05 Å². The van der Waals surface area contributed by atoms with Gasteiger partial charge in [-0.05, 0) is 26.1 Å². The van der Waals surface area contributed by atoms with Crippen molar-refractivity contribution in [3.05, 3.63) is 42.0 Å². The van der Waals surface area contributed by atoms with Crippen LogP contribution in [0, 0.1) is 0 Å². The first kappa shape index (κ1) is 18.0. The zero-order valence-electron chi connectivity index (χ0n) is 13.5. The molecule has 1 atom stereocenters. The number of likely N-dealkylation sites (N-methyl/N-ethyl adjacent to an activating group) is 1. The highest BCUT2D eigenvalue weighted by Crippen LogP contribution is 2.13. The van der Waals surface area contributed by atoms with Gasteiger partial charge in [0.1, 0.15) is 5.69 Å². The van der Waals surface area contributed by atoms with E-state index in [1.807, 2.05) is 25.2 Å². The lowest BCUT2D eigenvalue weighted by molar-refractivity contribution is 0.351. The normalized spacial score (nSPS) is 11.9. The van der Waals surface area contributed by atoms with Crippen LogP contribution in [0.25, 0.3) is 11.5 Å². The largest absolute Gasteiger partial charge is 0.339 e. The van der Waals surface area contributed by atoms with Crippen molar-refractivity contribution in [1.29, 1.82) is 0 Å². The highest BCUT2D eigenvalue weighted by Gasteiger charge is 2.13. The molecule has 8 nitrogen and oxygen atoms in total. The van der Waals surface area contributed by atoms with Crippen molar-refractivity contribution in [3.63, 3.8) is 0 Å². The molecule has 0 aliphatic carbocycles. The lowest BCUT2D eigenvalue weighted by Crippen LogP contribution is -2.24. The van der Waals surface area contributed by atoms with Crippen LogP contribution in [0.2, 0.25) is 0 Å². The van der Waals surface area contributed by atoms with Crippen LogP contribution >= 0.6 is 12.4 Å². The quantitative estimate of drug-likeness (QED) is 0.688. The standard InChI is InChI=1S/C15H18N6O2.ClH/c1-10(16-2)9-12-18-13(22-20-12)6-7-14-19-15(21-23-14)11-5-3-4-8-17-11;/h3-5,8,10,16H,6-7,9H2,1-2H3;1H. The molecule has 0 amide bonds. The van der Waals surface area contributed by atoms with Gasteiger partial charge in [-0.25, -0.2) is 0 Å². The first-order valence-electron chi connectivity index (χ1n) is 7.47. The molecule has 128 valence electrons. The minimum atomic E-state index is 0. The molecule has 0 aromatic carbocycles. The molecule has 0 radical (unpaired) electrons. The molecule has 0 fully saturated rings. The lowest BCUT2D eigenvalue weighted by atomic mass is 10.2. The van der Waals surface area contributed by atoms with Gasteiger partial charge in [-0.1, -0.05) is 16.4 Å².